The molecule has 0 aliphatic carbocycles. The SMILES string of the molecule is Cc1cc(C)c(-c2ccn(-c3nn(OB(On4nc(-n5ccc(-c6c(C)cc(C)cc6C)n5)c(-n5ccc(-c6c(C)cc(C)cc6C)n5)c4-c4c(C)cc(C)cc4C)On4nc(-n5ccc(-c6c(C)cc(C)cc6C)n5)c(-n5ccc(-c6c(C)cc(C)cc6C)n5)c4-c4c(C)cc(C)cc4C)c(-c4c(C)cc(C)cc4C)c3-n3ccc(-c4c(C)cc(C)cc4C)n3)n2)c(C)c1. The summed E-state index contributed by atoms with van der Waals surface area (Å²) in [5, 5.41) is 50.9. The van der Waals surface area contributed by atoms with Gasteiger partial charge in [0, 0.05) is 87.3 Å². The zero-order valence-corrected chi connectivity index (χ0v) is 79.7. The quantitative estimate of drug-likeness (QED) is 0.0620. The number of aromatic nitrogens is 18. The van der Waals surface area contributed by atoms with Gasteiger partial charge in [0.05, 0.1) is 34.2 Å². The summed E-state index contributed by atoms with van der Waals surface area (Å²) in [6.07, 6.45) is 11.9. The van der Waals surface area contributed by atoms with Gasteiger partial charge in [-0.1, -0.05) is 159 Å². The highest BCUT2D eigenvalue weighted by Gasteiger charge is 2.43. The predicted octanol–water partition coefficient (Wildman–Crippen LogP) is 23.4. The van der Waals surface area contributed by atoms with Crippen molar-refractivity contribution in [1.29, 1.82) is 0 Å². The monoisotopic (exact) mass is 1720 g/mol. The first-order chi connectivity index (χ1) is 62.0. The molecular weight excluding hydrogens is 1610 g/mol. The third-order valence-electron chi connectivity index (χ3n) is 25.2. The van der Waals surface area contributed by atoms with Crippen LogP contribution in [0.5, 0.6) is 0 Å². The van der Waals surface area contributed by atoms with E-state index in [-0.39, 0.29) is 0 Å². The lowest BCUT2D eigenvalue weighted by Crippen LogP contribution is -2.50. The predicted molar refractivity (Wildman–Crippen MR) is 522 cm³/mol. The molecule has 18 rings (SSSR count). The summed E-state index contributed by atoms with van der Waals surface area (Å²) in [5.74, 6) is 1.09. The summed E-state index contributed by atoms with van der Waals surface area (Å²) in [6.45, 7) is 57.5. The summed E-state index contributed by atoms with van der Waals surface area (Å²) in [4.78, 5) is 4.55. The van der Waals surface area contributed by atoms with Crippen molar-refractivity contribution in [3.8, 4) is 136 Å². The van der Waals surface area contributed by atoms with Crippen molar-refractivity contribution in [3.05, 3.63) is 333 Å². The zero-order chi connectivity index (χ0) is 91.9. The third kappa shape index (κ3) is 15.5. The second-order valence-electron chi connectivity index (χ2n) is 36.6. The molecule has 0 aliphatic heterocycles. The minimum absolute atomic E-state index is 0.364. The Bertz CT molecular complexity index is 6720. The van der Waals surface area contributed by atoms with E-state index in [1.54, 1.807) is 0 Å². The van der Waals surface area contributed by atoms with Crippen LogP contribution in [-0.2, 0) is 0 Å². The maximum atomic E-state index is 8.02. The van der Waals surface area contributed by atoms with Gasteiger partial charge in [0.2, 0.25) is 17.5 Å². The highest BCUT2D eigenvalue weighted by molar-refractivity contribution is 6.37. The molecule has 21 nitrogen and oxygen atoms in total. The number of hydrogen-bond acceptors (Lipinski definition) is 12. The average molecular weight is 1720 g/mol. The molecule has 0 fully saturated rings. The lowest BCUT2D eigenvalue weighted by Gasteiger charge is -2.21. The first-order valence-corrected chi connectivity index (χ1v) is 44.5. The number of nitrogens with zero attached hydrogens (tertiary/aromatic N) is 18. The molecule has 0 N–H and O–H groups in total. The summed E-state index contributed by atoms with van der Waals surface area (Å²) in [5.41, 5.74) is 44.8. The van der Waals surface area contributed by atoms with Gasteiger partial charge in [0.15, 0.2) is 0 Å². The summed E-state index contributed by atoms with van der Waals surface area (Å²) in [6, 6.07) is 51.8. The summed E-state index contributed by atoms with van der Waals surface area (Å²) < 4.78 is 35.2. The minimum atomic E-state index is -1.99. The van der Waals surface area contributed by atoms with Crippen LogP contribution in [-0.4, -0.2) is 95.8 Å². The van der Waals surface area contributed by atoms with Crippen LogP contribution in [0.3, 0.4) is 0 Å². The molecule has 0 aliphatic rings. The topological polar surface area (TPSA) is 188 Å². The summed E-state index contributed by atoms with van der Waals surface area (Å²) in [7, 11) is -1.99. The Morgan fingerprint density at radius 1 is 0.177 bits per heavy atom. The van der Waals surface area contributed by atoms with E-state index >= 15 is 0 Å². The molecule has 0 amide bonds. The first-order valence-electron chi connectivity index (χ1n) is 44.5. The Morgan fingerprint density at radius 2 is 0.315 bits per heavy atom. The van der Waals surface area contributed by atoms with E-state index in [1.807, 2.05) is 83.5 Å². The van der Waals surface area contributed by atoms with Gasteiger partial charge < -0.3 is 14.3 Å². The Hall–Kier alpha value is -14.7. The third-order valence-corrected chi connectivity index (χ3v) is 25.2. The maximum Gasteiger partial charge on any atom is 0.929 e. The maximum absolute atomic E-state index is 8.02. The largest absolute Gasteiger partial charge is 0.929 e. The molecule has 18 aromatic rings. The van der Waals surface area contributed by atoms with E-state index in [0.717, 1.165) is 234 Å². The van der Waals surface area contributed by atoms with E-state index in [9.17, 15) is 0 Å². The van der Waals surface area contributed by atoms with Crippen molar-refractivity contribution in [2.45, 2.75) is 187 Å². The number of rotatable bonds is 21. The van der Waals surface area contributed by atoms with Gasteiger partial charge in [-0.2, -0.15) is 30.6 Å². The van der Waals surface area contributed by atoms with Crippen molar-refractivity contribution in [3.63, 3.8) is 0 Å². The van der Waals surface area contributed by atoms with Crippen LogP contribution in [0.15, 0.2) is 183 Å². The van der Waals surface area contributed by atoms with Gasteiger partial charge in [0.25, 0.3) is 0 Å². The second-order valence-corrected chi connectivity index (χ2v) is 36.6. The Kier molecular flexibility index (Phi) is 22.0. The van der Waals surface area contributed by atoms with Crippen molar-refractivity contribution >= 4 is 7.32 Å². The van der Waals surface area contributed by atoms with Crippen molar-refractivity contribution in [1.82, 2.24) is 88.5 Å². The smallest absolute Gasteiger partial charge is 0.379 e. The second kappa shape index (κ2) is 33.2. The number of hydrogen-bond donors (Lipinski definition) is 0. The van der Waals surface area contributed by atoms with E-state index in [2.05, 4.69) is 314 Å². The zero-order valence-electron chi connectivity index (χ0n) is 79.7. The molecule has 130 heavy (non-hydrogen) atoms. The van der Waals surface area contributed by atoms with Crippen LogP contribution in [0.2, 0.25) is 0 Å². The molecule has 0 unspecified atom stereocenters. The Morgan fingerprint density at radius 3 is 0.477 bits per heavy atom. The van der Waals surface area contributed by atoms with Gasteiger partial charge in [-0.05, 0) is 323 Å². The molecule has 22 heteroatoms. The van der Waals surface area contributed by atoms with Gasteiger partial charge in [-0.15, -0.1) is 29.8 Å². The van der Waals surface area contributed by atoms with Crippen LogP contribution >= 0.6 is 0 Å². The first kappa shape index (κ1) is 86.1. The van der Waals surface area contributed by atoms with Crippen LogP contribution in [0.25, 0.3) is 136 Å². The lowest BCUT2D eigenvalue weighted by molar-refractivity contribution is 0.0437. The van der Waals surface area contributed by atoms with Gasteiger partial charge >= 0.3 is 7.32 Å². The minimum Gasteiger partial charge on any atom is -0.379 e. The Labute approximate surface area is 761 Å². The highest BCUT2D eigenvalue weighted by atomic mass is 16.9. The fourth-order valence-electron chi connectivity index (χ4n) is 21.0. The lowest BCUT2D eigenvalue weighted by atomic mass is 9.96. The van der Waals surface area contributed by atoms with Crippen LogP contribution in [0, 0.1) is 187 Å². The number of benzene rings is 9. The Balaban J connectivity index is 0.965. The summed E-state index contributed by atoms with van der Waals surface area (Å²) >= 11 is 0. The number of aryl methyl sites for hydroxylation is 27. The van der Waals surface area contributed by atoms with Gasteiger partial charge in [0.1, 0.15) is 34.1 Å². The molecule has 0 saturated carbocycles. The van der Waals surface area contributed by atoms with E-state index in [0.29, 0.717) is 51.6 Å². The average Bonchev–Trinajstić information content (AvgIpc) is 1.58. The van der Waals surface area contributed by atoms with Crippen LogP contribution in [0.1, 0.15) is 150 Å². The fraction of sp³-hybridized carbons (Fsp3) is 0.250. The fourth-order valence-corrected chi connectivity index (χ4v) is 21.0. The van der Waals surface area contributed by atoms with Crippen molar-refractivity contribution in [2.75, 3.05) is 0 Å². The van der Waals surface area contributed by atoms with E-state index < -0.39 is 7.32 Å². The molecule has 654 valence electrons. The van der Waals surface area contributed by atoms with Crippen molar-refractivity contribution < 1.29 is 14.3 Å². The molecule has 9 heterocycles. The molecular formula is C108H111BN18O3. The van der Waals surface area contributed by atoms with E-state index in [1.165, 1.54) is 14.5 Å². The molecule has 9 aromatic carbocycles. The van der Waals surface area contributed by atoms with Crippen LogP contribution < -0.4 is 14.3 Å². The molecule has 0 spiro atoms. The molecule has 0 bridgehead atoms. The highest BCUT2D eigenvalue weighted by Crippen LogP contribution is 2.45. The standard InChI is InChI=1S/C108H111BN18O3/c1-58-40-67(10)91(68(11)41-58)85-28-34-119(110-85)103-100(97-79(22)52-64(7)53-80(97)23)125(116-106(103)122-37-31-88(113-122)94-73(16)46-61(4)47-74(94)17)128-109(129-126-101(98-81(24)54-65(8)55-82(98)25)104(120-35-29-86(111-120)92-69(12)42-59(2)43-70(92)13)107(117-126)123-38-32-89(114-123)95-75(18)48-62(5)49-76(95)19)130-127-102(99-83(26)56-66(9)57-84(99)27)105(121-36-30-87(112-121)93-71(14)44-60(3)45-72(93)15)108(118-127)124-39-33-90(115-124)96-77(20)50-63(6)51-78(96)21/h28-57H,1-27H3. The van der Waals surface area contributed by atoms with Crippen molar-refractivity contribution in [2.24, 2.45) is 0 Å². The molecule has 0 atom stereocenters. The van der Waals surface area contributed by atoms with Gasteiger partial charge in [-0.3, -0.25) is 0 Å². The van der Waals surface area contributed by atoms with E-state index in [4.69, 9.17) is 60.2 Å². The molecule has 0 radical (unpaired) electrons. The van der Waals surface area contributed by atoms with Crippen LogP contribution in [0.4, 0.5) is 0 Å². The molecule has 0 saturated heterocycles. The molecule has 9 aromatic heterocycles. The van der Waals surface area contributed by atoms with Gasteiger partial charge in [-0.25, -0.2) is 28.1 Å². The normalized spacial score (nSPS) is 11.7.